The third kappa shape index (κ3) is 3.07. The second-order valence-electron chi connectivity index (χ2n) is 5.36. The molecule has 3 rings (SSSR count). The van der Waals surface area contributed by atoms with Crippen LogP contribution in [-0.2, 0) is 4.74 Å². The van der Waals surface area contributed by atoms with E-state index < -0.39 is 5.91 Å². The molecule has 0 spiro atoms. The number of aryl methyl sites for hydroxylation is 1. The van der Waals surface area contributed by atoms with Gasteiger partial charge in [0.1, 0.15) is 6.10 Å². The van der Waals surface area contributed by atoms with Crippen molar-refractivity contribution in [2.75, 3.05) is 19.7 Å². The largest absolute Gasteiger partial charge is 0.368 e. The summed E-state index contributed by atoms with van der Waals surface area (Å²) in [6, 6.07) is 3.30. The monoisotopic (exact) mass is 315 g/mol. The molecule has 1 aliphatic heterocycles. The molecule has 0 bridgehead atoms. The number of hydrogen-bond donors (Lipinski definition) is 2. The van der Waals surface area contributed by atoms with Gasteiger partial charge in [0.15, 0.2) is 0 Å². The van der Waals surface area contributed by atoms with Crippen molar-refractivity contribution in [3.05, 3.63) is 47.0 Å². The van der Waals surface area contributed by atoms with Crippen LogP contribution < -0.4 is 5.73 Å². The molecular weight excluding hydrogens is 298 g/mol. The highest BCUT2D eigenvalue weighted by atomic mass is 16.5. The number of nitrogens with two attached hydrogens (primary N) is 1. The van der Waals surface area contributed by atoms with Crippen LogP contribution in [0.5, 0.6) is 0 Å². The van der Waals surface area contributed by atoms with Crippen molar-refractivity contribution in [3.63, 3.8) is 0 Å². The van der Waals surface area contributed by atoms with Crippen molar-refractivity contribution in [1.29, 1.82) is 0 Å². The highest BCUT2D eigenvalue weighted by Crippen LogP contribution is 2.22. The maximum atomic E-state index is 12.5. The Hall–Kier alpha value is -2.74. The Morgan fingerprint density at radius 1 is 1.39 bits per heavy atom. The van der Waals surface area contributed by atoms with Crippen LogP contribution in [0.1, 0.15) is 38.2 Å². The number of morpholine rings is 1. The lowest BCUT2D eigenvalue weighted by Gasteiger charge is -2.32. The maximum Gasteiger partial charge on any atom is 0.257 e. The molecule has 0 aromatic carbocycles. The number of nitrogens with one attached hydrogen (secondary N) is 1. The van der Waals surface area contributed by atoms with Gasteiger partial charge in [-0.25, -0.2) is 0 Å². The zero-order chi connectivity index (χ0) is 16.4. The molecule has 23 heavy (non-hydrogen) atoms. The van der Waals surface area contributed by atoms with E-state index >= 15 is 0 Å². The number of ether oxygens (including phenoxy) is 1. The first-order chi connectivity index (χ1) is 11.1. The van der Waals surface area contributed by atoms with Crippen LogP contribution in [0.3, 0.4) is 0 Å². The quantitative estimate of drug-likeness (QED) is 0.852. The van der Waals surface area contributed by atoms with E-state index in [0.717, 1.165) is 5.69 Å². The van der Waals surface area contributed by atoms with Crippen molar-refractivity contribution < 1.29 is 14.3 Å². The van der Waals surface area contributed by atoms with Gasteiger partial charge in [-0.2, -0.15) is 5.10 Å². The molecule has 2 aromatic heterocycles. The average molecular weight is 315 g/mol. The molecule has 8 nitrogen and oxygen atoms in total. The molecule has 2 aromatic rings. The number of carbonyl (C=O) groups is 2. The third-order valence-electron chi connectivity index (χ3n) is 3.81. The van der Waals surface area contributed by atoms with Gasteiger partial charge in [0.25, 0.3) is 5.91 Å². The summed E-state index contributed by atoms with van der Waals surface area (Å²) in [7, 11) is 0. The first-order valence-corrected chi connectivity index (χ1v) is 7.23. The van der Waals surface area contributed by atoms with E-state index in [2.05, 4.69) is 15.2 Å². The smallest absolute Gasteiger partial charge is 0.257 e. The second-order valence-corrected chi connectivity index (χ2v) is 5.36. The molecule has 3 N–H and O–H groups in total. The normalized spacial score (nSPS) is 18.0. The predicted molar refractivity (Wildman–Crippen MR) is 80.7 cm³/mol. The fraction of sp³-hybridized carbons (Fsp3) is 0.333. The fourth-order valence-electron chi connectivity index (χ4n) is 2.49. The number of amides is 2. The summed E-state index contributed by atoms with van der Waals surface area (Å²) in [5, 5.41) is 6.64. The maximum absolute atomic E-state index is 12.5. The van der Waals surface area contributed by atoms with E-state index in [1.54, 1.807) is 17.0 Å². The van der Waals surface area contributed by atoms with Crippen molar-refractivity contribution in [1.82, 2.24) is 20.1 Å². The SMILES string of the molecule is Cc1[nH]ncc1C(=O)N1CCO[C@H](c2ccc(C(N)=O)cn2)C1. The lowest BCUT2D eigenvalue weighted by molar-refractivity contribution is -0.0247. The number of nitrogens with zero attached hydrogens (tertiary/aromatic N) is 3. The number of rotatable bonds is 3. The molecule has 0 saturated carbocycles. The highest BCUT2D eigenvalue weighted by Gasteiger charge is 2.28. The third-order valence-corrected chi connectivity index (χ3v) is 3.81. The van der Waals surface area contributed by atoms with Gasteiger partial charge in [0, 0.05) is 18.4 Å². The number of hydrogen-bond acceptors (Lipinski definition) is 5. The lowest BCUT2D eigenvalue weighted by atomic mass is 10.1. The van der Waals surface area contributed by atoms with E-state index in [9.17, 15) is 9.59 Å². The zero-order valence-electron chi connectivity index (χ0n) is 12.7. The number of aromatic amines is 1. The summed E-state index contributed by atoms with van der Waals surface area (Å²) in [4.78, 5) is 29.5. The predicted octanol–water partition coefficient (Wildman–Crippen LogP) is 0.426. The lowest BCUT2D eigenvalue weighted by Crippen LogP contribution is -2.42. The van der Waals surface area contributed by atoms with Gasteiger partial charge in [-0.3, -0.25) is 19.7 Å². The van der Waals surface area contributed by atoms with Gasteiger partial charge >= 0.3 is 0 Å². The van der Waals surface area contributed by atoms with Crippen LogP contribution in [0.15, 0.2) is 24.5 Å². The summed E-state index contributed by atoms with van der Waals surface area (Å²) in [6.45, 7) is 3.14. The summed E-state index contributed by atoms with van der Waals surface area (Å²) in [6.07, 6.45) is 2.62. The van der Waals surface area contributed by atoms with Gasteiger partial charge in [0.05, 0.1) is 36.2 Å². The van der Waals surface area contributed by atoms with Crippen LogP contribution in [0, 0.1) is 6.92 Å². The van der Waals surface area contributed by atoms with Gasteiger partial charge in [-0.1, -0.05) is 0 Å². The fourth-order valence-corrected chi connectivity index (χ4v) is 2.49. The van der Waals surface area contributed by atoms with Gasteiger partial charge < -0.3 is 15.4 Å². The molecule has 0 aliphatic carbocycles. The Balaban J connectivity index is 1.74. The number of pyridine rings is 1. The zero-order valence-corrected chi connectivity index (χ0v) is 12.7. The standard InChI is InChI=1S/C15H17N5O3/c1-9-11(7-18-19-9)15(22)20-4-5-23-13(8-20)12-3-2-10(6-17-12)14(16)21/h2-3,6-7,13H,4-5,8H2,1H3,(H2,16,21)(H,18,19)/t13-/m0/s1. The minimum atomic E-state index is -0.527. The summed E-state index contributed by atoms with van der Waals surface area (Å²) < 4.78 is 5.70. The molecule has 120 valence electrons. The van der Waals surface area contributed by atoms with E-state index in [4.69, 9.17) is 10.5 Å². The first-order valence-electron chi connectivity index (χ1n) is 7.23. The van der Waals surface area contributed by atoms with E-state index in [1.165, 1.54) is 12.4 Å². The molecule has 1 saturated heterocycles. The Kier molecular flexibility index (Phi) is 4.07. The Labute approximate surface area is 132 Å². The molecule has 2 amide bonds. The Bertz CT molecular complexity index is 725. The molecule has 8 heteroatoms. The summed E-state index contributed by atoms with van der Waals surface area (Å²) in [5.41, 5.74) is 7.50. The summed E-state index contributed by atoms with van der Waals surface area (Å²) >= 11 is 0. The van der Waals surface area contributed by atoms with Crippen LogP contribution in [0.4, 0.5) is 0 Å². The van der Waals surface area contributed by atoms with E-state index in [-0.39, 0.29) is 12.0 Å². The van der Waals surface area contributed by atoms with Gasteiger partial charge in [-0.05, 0) is 19.1 Å². The molecule has 0 unspecified atom stereocenters. The van der Waals surface area contributed by atoms with Crippen molar-refractivity contribution in [2.45, 2.75) is 13.0 Å². The molecular formula is C15H17N5O3. The van der Waals surface area contributed by atoms with Crippen LogP contribution in [-0.4, -0.2) is 51.6 Å². The first kappa shape index (κ1) is 15.2. The number of H-pyrrole nitrogens is 1. The molecule has 0 radical (unpaired) electrons. The minimum absolute atomic E-state index is 0.0849. The molecule has 1 atom stereocenters. The number of carbonyl (C=O) groups excluding carboxylic acids is 2. The van der Waals surface area contributed by atoms with Crippen molar-refractivity contribution in [3.8, 4) is 0 Å². The summed E-state index contributed by atoms with van der Waals surface area (Å²) in [5.74, 6) is -0.612. The minimum Gasteiger partial charge on any atom is -0.368 e. The van der Waals surface area contributed by atoms with Crippen molar-refractivity contribution in [2.24, 2.45) is 5.73 Å². The Morgan fingerprint density at radius 2 is 2.22 bits per heavy atom. The van der Waals surface area contributed by atoms with Crippen molar-refractivity contribution >= 4 is 11.8 Å². The van der Waals surface area contributed by atoms with Gasteiger partial charge in [0.2, 0.25) is 5.91 Å². The molecule has 1 aliphatic rings. The van der Waals surface area contributed by atoms with Crippen LogP contribution >= 0.6 is 0 Å². The van der Waals surface area contributed by atoms with Gasteiger partial charge in [-0.15, -0.1) is 0 Å². The average Bonchev–Trinajstić information content (AvgIpc) is 3.00. The van der Waals surface area contributed by atoms with Crippen LogP contribution in [0.2, 0.25) is 0 Å². The molecule has 1 fully saturated rings. The van der Waals surface area contributed by atoms with E-state index in [1.807, 2.05) is 6.92 Å². The second kappa shape index (κ2) is 6.17. The highest BCUT2D eigenvalue weighted by molar-refractivity contribution is 5.95. The van der Waals surface area contributed by atoms with Crippen LogP contribution in [0.25, 0.3) is 0 Å². The Morgan fingerprint density at radius 3 is 2.83 bits per heavy atom. The number of aromatic nitrogens is 3. The molecule has 3 heterocycles. The topological polar surface area (TPSA) is 114 Å². The number of primary amides is 1. The van der Waals surface area contributed by atoms with E-state index in [0.29, 0.717) is 36.5 Å².